The van der Waals surface area contributed by atoms with Crippen LogP contribution in [-0.2, 0) is 4.79 Å². The quantitative estimate of drug-likeness (QED) is 0.659. The van der Waals surface area contributed by atoms with Crippen LogP contribution in [-0.4, -0.2) is 40.4 Å². The van der Waals surface area contributed by atoms with Gasteiger partial charge in [-0.05, 0) is 19.1 Å². The van der Waals surface area contributed by atoms with Crippen molar-refractivity contribution < 1.29 is 19.4 Å². The maximum atomic E-state index is 11.9. The van der Waals surface area contributed by atoms with Crippen molar-refractivity contribution in [3.63, 3.8) is 0 Å². The summed E-state index contributed by atoms with van der Waals surface area (Å²) in [5.41, 5.74) is 0.0624. The van der Waals surface area contributed by atoms with Crippen molar-refractivity contribution in [2.24, 2.45) is 0 Å². The number of rotatable bonds is 6. The second kappa shape index (κ2) is 6.85. The Morgan fingerprint density at radius 3 is 2.89 bits per heavy atom. The smallest absolute Gasteiger partial charge is 0.327 e. The molecule has 0 spiro atoms. The third kappa shape index (κ3) is 3.63. The monoisotopic (exact) mass is 270 g/mol. The molecule has 0 aliphatic rings. The van der Waals surface area contributed by atoms with Crippen molar-refractivity contribution in [2.45, 2.75) is 13.0 Å². The summed E-state index contributed by atoms with van der Waals surface area (Å²) in [5.74, 6) is -1.42. The van der Waals surface area contributed by atoms with Crippen molar-refractivity contribution in [2.75, 3.05) is 12.4 Å². The Balaban J connectivity index is 2.86. The van der Waals surface area contributed by atoms with Gasteiger partial charge in [-0.1, -0.05) is 0 Å². The molecule has 1 aromatic rings. The molecule has 1 atom stereocenters. The summed E-state index contributed by atoms with van der Waals surface area (Å²) in [6.45, 7) is 2.17. The average Bonchev–Trinajstić information content (AvgIpc) is 2.36. The largest absolute Gasteiger partial charge is 0.491 e. The molecule has 0 aliphatic carbocycles. The number of nitrogens with one attached hydrogen (secondary N) is 1. The molecular formula is C11H14N2O4S. The topological polar surface area (TPSA) is 88.5 Å². The summed E-state index contributed by atoms with van der Waals surface area (Å²) >= 11 is 3.86. The van der Waals surface area contributed by atoms with Crippen LogP contribution in [0.2, 0.25) is 0 Å². The van der Waals surface area contributed by atoms with Gasteiger partial charge in [-0.15, -0.1) is 0 Å². The van der Waals surface area contributed by atoms with E-state index in [2.05, 4.69) is 22.9 Å². The van der Waals surface area contributed by atoms with Gasteiger partial charge in [0.05, 0.1) is 6.61 Å². The molecule has 1 heterocycles. The van der Waals surface area contributed by atoms with E-state index in [1.54, 1.807) is 19.1 Å². The van der Waals surface area contributed by atoms with E-state index in [-0.39, 0.29) is 11.4 Å². The van der Waals surface area contributed by atoms with E-state index < -0.39 is 17.9 Å². The van der Waals surface area contributed by atoms with Crippen molar-refractivity contribution in [1.82, 2.24) is 10.3 Å². The minimum absolute atomic E-state index is 0.00211. The number of ether oxygens (including phenoxy) is 1. The second-order valence-corrected chi connectivity index (χ2v) is 3.70. The molecule has 2 N–H and O–H groups in total. The van der Waals surface area contributed by atoms with Crippen LogP contribution in [0.4, 0.5) is 0 Å². The third-order valence-electron chi connectivity index (χ3n) is 2.07. The number of nitrogens with zero attached hydrogens (tertiary/aromatic N) is 1. The van der Waals surface area contributed by atoms with Crippen molar-refractivity contribution in [1.29, 1.82) is 0 Å². The molecule has 6 nitrogen and oxygen atoms in total. The number of pyridine rings is 1. The molecule has 1 aromatic heterocycles. The van der Waals surface area contributed by atoms with Crippen LogP contribution in [0.25, 0.3) is 0 Å². The Hall–Kier alpha value is -1.76. The number of aliphatic carboxylic acids is 1. The van der Waals surface area contributed by atoms with Crippen LogP contribution in [0, 0.1) is 0 Å². The summed E-state index contributed by atoms with van der Waals surface area (Å²) in [7, 11) is 0. The highest BCUT2D eigenvalue weighted by molar-refractivity contribution is 7.80. The number of carbonyl (C=O) groups excluding carboxylic acids is 1. The van der Waals surface area contributed by atoms with Crippen molar-refractivity contribution in [3.05, 3.63) is 24.0 Å². The predicted octanol–water partition coefficient (Wildman–Crippen LogP) is 0.593. The predicted molar refractivity (Wildman–Crippen MR) is 68.1 cm³/mol. The molecule has 0 radical (unpaired) electrons. The number of aromatic nitrogens is 1. The van der Waals surface area contributed by atoms with Crippen LogP contribution in [0.15, 0.2) is 18.3 Å². The lowest BCUT2D eigenvalue weighted by Gasteiger charge is -2.13. The molecule has 0 aromatic carbocycles. The van der Waals surface area contributed by atoms with E-state index >= 15 is 0 Å². The molecule has 0 bridgehead atoms. The zero-order chi connectivity index (χ0) is 13.5. The maximum Gasteiger partial charge on any atom is 0.327 e. The Morgan fingerprint density at radius 1 is 1.61 bits per heavy atom. The van der Waals surface area contributed by atoms with Crippen LogP contribution in [0.5, 0.6) is 5.75 Å². The summed E-state index contributed by atoms with van der Waals surface area (Å²) in [5, 5.41) is 11.2. The van der Waals surface area contributed by atoms with Gasteiger partial charge in [0.2, 0.25) is 0 Å². The van der Waals surface area contributed by atoms with E-state index in [0.717, 1.165) is 0 Å². The fourth-order valence-corrected chi connectivity index (χ4v) is 1.49. The molecule has 1 amide bonds. The number of carbonyl (C=O) groups is 2. The van der Waals surface area contributed by atoms with Gasteiger partial charge >= 0.3 is 5.97 Å². The van der Waals surface area contributed by atoms with Gasteiger partial charge in [-0.3, -0.25) is 4.79 Å². The summed E-state index contributed by atoms with van der Waals surface area (Å²) < 4.78 is 5.24. The molecule has 1 rings (SSSR count). The lowest BCUT2D eigenvalue weighted by atomic mass is 10.2. The van der Waals surface area contributed by atoms with Crippen LogP contribution in [0.1, 0.15) is 17.4 Å². The van der Waals surface area contributed by atoms with Gasteiger partial charge in [0, 0.05) is 11.9 Å². The Morgan fingerprint density at radius 2 is 2.33 bits per heavy atom. The minimum atomic E-state index is -1.15. The van der Waals surface area contributed by atoms with Gasteiger partial charge in [-0.2, -0.15) is 12.6 Å². The van der Waals surface area contributed by atoms with Gasteiger partial charge < -0.3 is 15.2 Å². The zero-order valence-corrected chi connectivity index (χ0v) is 10.7. The van der Waals surface area contributed by atoms with Gasteiger partial charge in [0.15, 0.2) is 11.4 Å². The number of hydrogen-bond donors (Lipinski definition) is 3. The van der Waals surface area contributed by atoms with E-state index in [1.807, 2.05) is 0 Å². The first-order valence-electron chi connectivity index (χ1n) is 5.32. The average molecular weight is 270 g/mol. The second-order valence-electron chi connectivity index (χ2n) is 3.33. The Labute approximate surface area is 110 Å². The normalized spacial score (nSPS) is 11.7. The Kier molecular flexibility index (Phi) is 5.44. The van der Waals surface area contributed by atoms with Crippen LogP contribution >= 0.6 is 12.6 Å². The molecule has 0 fully saturated rings. The number of thiol groups is 1. The van der Waals surface area contributed by atoms with Crippen LogP contribution in [0.3, 0.4) is 0 Å². The lowest BCUT2D eigenvalue weighted by Crippen LogP contribution is -2.42. The molecule has 18 heavy (non-hydrogen) atoms. The van der Waals surface area contributed by atoms with E-state index in [1.165, 1.54) is 6.20 Å². The molecule has 98 valence electrons. The number of carboxylic acid groups (broad SMARTS) is 1. The highest BCUT2D eigenvalue weighted by Crippen LogP contribution is 2.15. The SMILES string of the molecule is CCOc1cccnc1C(=O)N[C@@H](CS)C(=O)O. The first-order valence-corrected chi connectivity index (χ1v) is 5.95. The fraction of sp³-hybridized carbons (Fsp3) is 0.364. The number of carboxylic acids is 1. The van der Waals surface area contributed by atoms with Crippen molar-refractivity contribution in [3.8, 4) is 5.75 Å². The maximum absolute atomic E-state index is 11.9. The molecule has 0 saturated carbocycles. The molecular weight excluding hydrogens is 256 g/mol. The van der Waals surface area contributed by atoms with Crippen LogP contribution < -0.4 is 10.1 Å². The number of hydrogen-bond acceptors (Lipinski definition) is 5. The minimum Gasteiger partial charge on any atom is -0.491 e. The summed E-state index contributed by atoms with van der Waals surface area (Å²) in [4.78, 5) is 26.5. The third-order valence-corrected chi connectivity index (χ3v) is 2.44. The lowest BCUT2D eigenvalue weighted by molar-refractivity contribution is -0.138. The van der Waals surface area contributed by atoms with E-state index in [0.29, 0.717) is 12.4 Å². The zero-order valence-electron chi connectivity index (χ0n) is 9.79. The standard InChI is InChI=1S/C11H14N2O4S/c1-2-17-8-4-3-5-12-9(8)10(14)13-7(6-18)11(15)16/h3-5,7,18H,2,6H2,1H3,(H,13,14)(H,15,16)/t7-/m0/s1. The van der Waals surface area contributed by atoms with E-state index in [9.17, 15) is 9.59 Å². The highest BCUT2D eigenvalue weighted by atomic mass is 32.1. The fourth-order valence-electron chi connectivity index (χ4n) is 1.25. The molecule has 7 heteroatoms. The number of amides is 1. The highest BCUT2D eigenvalue weighted by Gasteiger charge is 2.21. The molecule has 0 unspecified atom stereocenters. The summed E-state index contributed by atoms with van der Waals surface area (Å²) in [6, 6.07) is 2.18. The van der Waals surface area contributed by atoms with Gasteiger partial charge in [0.25, 0.3) is 5.91 Å². The Bertz CT molecular complexity index is 439. The van der Waals surface area contributed by atoms with Crippen molar-refractivity contribution >= 4 is 24.5 Å². The van der Waals surface area contributed by atoms with E-state index in [4.69, 9.17) is 9.84 Å². The van der Waals surface area contributed by atoms with Gasteiger partial charge in [0.1, 0.15) is 6.04 Å². The summed E-state index contributed by atoms with van der Waals surface area (Å²) in [6.07, 6.45) is 1.44. The first-order chi connectivity index (χ1) is 8.60. The first kappa shape index (κ1) is 14.3. The van der Waals surface area contributed by atoms with Gasteiger partial charge in [-0.25, -0.2) is 9.78 Å². The molecule has 0 aliphatic heterocycles. The molecule has 0 saturated heterocycles.